The number of carbonyl (C=O) groups is 1. The molecule has 1 atom stereocenters. The summed E-state index contributed by atoms with van der Waals surface area (Å²) in [6.45, 7) is 1.41. The first-order valence-electron chi connectivity index (χ1n) is 7.58. The fourth-order valence-corrected chi connectivity index (χ4v) is 2.64. The molecular weight excluding hydrogens is 330 g/mol. The third kappa shape index (κ3) is 3.20. The van der Waals surface area contributed by atoms with Gasteiger partial charge in [0.1, 0.15) is 17.7 Å². The number of benzene rings is 1. The summed E-state index contributed by atoms with van der Waals surface area (Å²) in [5.41, 5.74) is 1.03. The molecule has 3 rings (SSSR count). The second-order valence-corrected chi connectivity index (χ2v) is 5.68. The van der Waals surface area contributed by atoms with Crippen molar-refractivity contribution in [3.63, 3.8) is 0 Å². The Hall–Kier alpha value is -2.87. The number of nitrogens with zero attached hydrogens (tertiary/aromatic N) is 3. The Balaban J connectivity index is 1.82. The van der Waals surface area contributed by atoms with Gasteiger partial charge in [-0.25, -0.2) is 13.8 Å². The molecule has 1 amide bonds. The highest BCUT2D eigenvalue weighted by molar-refractivity contribution is 6.05. The smallest absolute Gasteiger partial charge is 0.252 e. The number of pyridine rings is 1. The van der Waals surface area contributed by atoms with Crippen LogP contribution in [0, 0.1) is 18.6 Å². The molecule has 1 aromatic carbocycles. The van der Waals surface area contributed by atoms with Crippen molar-refractivity contribution >= 4 is 16.9 Å². The second kappa shape index (κ2) is 6.56. The zero-order chi connectivity index (χ0) is 18.1. The van der Waals surface area contributed by atoms with Crippen LogP contribution in [0.25, 0.3) is 11.0 Å². The van der Waals surface area contributed by atoms with Crippen molar-refractivity contribution in [1.29, 1.82) is 0 Å². The van der Waals surface area contributed by atoms with Gasteiger partial charge in [-0.05, 0) is 25.1 Å². The molecule has 2 heterocycles. The van der Waals surface area contributed by atoms with Gasteiger partial charge >= 0.3 is 0 Å². The van der Waals surface area contributed by atoms with E-state index in [1.165, 1.54) is 12.3 Å². The molecule has 6 nitrogen and oxygen atoms in total. The van der Waals surface area contributed by atoms with Gasteiger partial charge in [-0.3, -0.25) is 9.48 Å². The van der Waals surface area contributed by atoms with Crippen LogP contribution in [0.3, 0.4) is 0 Å². The van der Waals surface area contributed by atoms with Crippen LogP contribution < -0.4 is 5.32 Å². The topological polar surface area (TPSA) is 80.0 Å². The SMILES string of the molecule is Cc1cc(C(=O)NCC(O)c2c(F)cccc2F)c2cnn(C)c2n1. The quantitative estimate of drug-likeness (QED) is 0.757. The van der Waals surface area contributed by atoms with Crippen LogP contribution in [0.1, 0.15) is 27.7 Å². The van der Waals surface area contributed by atoms with Crippen LogP contribution in [0.15, 0.2) is 30.5 Å². The Kier molecular flexibility index (Phi) is 4.45. The van der Waals surface area contributed by atoms with Gasteiger partial charge in [0, 0.05) is 19.3 Å². The highest BCUT2D eigenvalue weighted by Gasteiger charge is 2.20. The van der Waals surface area contributed by atoms with Crippen LogP contribution in [0.2, 0.25) is 0 Å². The van der Waals surface area contributed by atoms with E-state index < -0.39 is 29.2 Å². The largest absolute Gasteiger partial charge is 0.386 e. The third-order valence-corrected chi connectivity index (χ3v) is 3.87. The van der Waals surface area contributed by atoms with Crippen LogP contribution in [-0.4, -0.2) is 32.3 Å². The van der Waals surface area contributed by atoms with E-state index in [2.05, 4.69) is 15.4 Å². The van der Waals surface area contributed by atoms with Crippen molar-refractivity contribution in [3.05, 3.63) is 58.9 Å². The van der Waals surface area contributed by atoms with Crippen molar-refractivity contribution in [2.45, 2.75) is 13.0 Å². The Morgan fingerprint density at radius 3 is 2.72 bits per heavy atom. The number of aliphatic hydroxyl groups is 1. The minimum atomic E-state index is -1.50. The molecule has 0 aliphatic rings. The van der Waals surface area contributed by atoms with Crippen molar-refractivity contribution in [3.8, 4) is 0 Å². The first kappa shape index (κ1) is 17.0. The maximum absolute atomic E-state index is 13.7. The lowest BCUT2D eigenvalue weighted by Gasteiger charge is -2.14. The summed E-state index contributed by atoms with van der Waals surface area (Å²) in [7, 11) is 1.71. The average Bonchev–Trinajstić information content (AvgIpc) is 2.93. The molecule has 2 N–H and O–H groups in total. The standard InChI is InChI=1S/C17H16F2N4O2/c1-9-6-10(11-7-21-23(2)16(11)22-9)17(25)20-8-14(24)15-12(18)4-3-5-13(15)19/h3-7,14,24H,8H2,1-2H3,(H,20,25). The van der Waals surface area contributed by atoms with Gasteiger partial charge in [0.05, 0.1) is 22.7 Å². The number of hydrogen-bond donors (Lipinski definition) is 2. The number of halogens is 2. The van der Waals surface area contributed by atoms with Crippen LogP contribution in [0.4, 0.5) is 8.78 Å². The van der Waals surface area contributed by atoms with Gasteiger partial charge in [-0.1, -0.05) is 6.07 Å². The highest BCUT2D eigenvalue weighted by Crippen LogP contribution is 2.21. The average molecular weight is 346 g/mol. The van der Waals surface area contributed by atoms with Crippen LogP contribution in [0.5, 0.6) is 0 Å². The highest BCUT2D eigenvalue weighted by atomic mass is 19.1. The first-order chi connectivity index (χ1) is 11.9. The van der Waals surface area contributed by atoms with Crippen molar-refractivity contribution in [2.24, 2.45) is 7.05 Å². The first-order valence-corrected chi connectivity index (χ1v) is 7.58. The van der Waals surface area contributed by atoms with E-state index in [4.69, 9.17) is 0 Å². The normalized spacial score (nSPS) is 12.4. The molecular formula is C17H16F2N4O2. The summed E-state index contributed by atoms with van der Waals surface area (Å²) in [6.07, 6.45) is 0.0152. The van der Waals surface area contributed by atoms with Gasteiger partial charge in [-0.15, -0.1) is 0 Å². The Bertz CT molecular complexity index is 935. The molecule has 0 bridgehead atoms. The molecule has 0 radical (unpaired) electrons. The van der Waals surface area contributed by atoms with E-state index in [9.17, 15) is 18.7 Å². The monoisotopic (exact) mass is 346 g/mol. The van der Waals surface area contributed by atoms with Crippen molar-refractivity contribution in [1.82, 2.24) is 20.1 Å². The Labute approximate surface area is 142 Å². The molecule has 0 aliphatic heterocycles. The van der Waals surface area contributed by atoms with Crippen LogP contribution >= 0.6 is 0 Å². The fraction of sp³-hybridized carbons (Fsp3) is 0.235. The second-order valence-electron chi connectivity index (χ2n) is 5.68. The number of aromatic nitrogens is 3. The molecule has 1 unspecified atom stereocenters. The molecule has 3 aromatic rings. The molecule has 130 valence electrons. The summed E-state index contributed by atoms with van der Waals surface area (Å²) in [6, 6.07) is 4.90. The van der Waals surface area contributed by atoms with E-state index in [0.717, 1.165) is 12.1 Å². The Morgan fingerprint density at radius 2 is 2.04 bits per heavy atom. The van der Waals surface area contributed by atoms with Gasteiger partial charge < -0.3 is 10.4 Å². The maximum Gasteiger partial charge on any atom is 0.252 e. The summed E-state index contributed by atoms with van der Waals surface area (Å²) in [5, 5.41) is 17.1. The number of nitrogens with one attached hydrogen (secondary N) is 1. The predicted octanol–water partition coefficient (Wildman–Crippen LogP) is 2.02. The minimum Gasteiger partial charge on any atom is -0.386 e. The number of rotatable bonds is 4. The third-order valence-electron chi connectivity index (χ3n) is 3.87. The number of hydrogen-bond acceptors (Lipinski definition) is 4. The molecule has 0 spiro atoms. The lowest BCUT2D eigenvalue weighted by atomic mass is 10.1. The van der Waals surface area contributed by atoms with Crippen molar-refractivity contribution in [2.75, 3.05) is 6.54 Å². The Morgan fingerprint density at radius 1 is 1.36 bits per heavy atom. The zero-order valence-electron chi connectivity index (χ0n) is 13.6. The molecule has 0 saturated carbocycles. The number of aryl methyl sites for hydroxylation is 2. The van der Waals surface area contributed by atoms with Gasteiger partial charge in [-0.2, -0.15) is 5.10 Å². The van der Waals surface area contributed by atoms with Gasteiger partial charge in [0.25, 0.3) is 5.91 Å². The van der Waals surface area contributed by atoms with Crippen molar-refractivity contribution < 1.29 is 18.7 Å². The number of fused-ring (bicyclic) bond motifs is 1. The summed E-state index contributed by atoms with van der Waals surface area (Å²) in [4.78, 5) is 16.8. The molecule has 0 saturated heterocycles. The minimum absolute atomic E-state index is 0.330. The number of aliphatic hydroxyl groups excluding tert-OH is 1. The summed E-state index contributed by atoms with van der Waals surface area (Å²) < 4.78 is 28.9. The van der Waals surface area contributed by atoms with Crippen LogP contribution in [-0.2, 0) is 7.05 Å². The number of carbonyl (C=O) groups excluding carboxylic acids is 1. The lowest BCUT2D eigenvalue weighted by Crippen LogP contribution is -2.29. The molecule has 0 aliphatic carbocycles. The van der Waals surface area contributed by atoms with Gasteiger partial charge in [0.2, 0.25) is 0 Å². The molecule has 2 aromatic heterocycles. The van der Waals surface area contributed by atoms with E-state index >= 15 is 0 Å². The van der Waals surface area contributed by atoms with E-state index in [-0.39, 0.29) is 6.54 Å². The number of amides is 1. The molecule has 8 heteroatoms. The summed E-state index contributed by atoms with van der Waals surface area (Å²) >= 11 is 0. The summed E-state index contributed by atoms with van der Waals surface area (Å²) in [5.74, 6) is -2.22. The maximum atomic E-state index is 13.7. The van der Waals surface area contributed by atoms with E-state index in [1.807, 2.05) is 0 Å². The lowest BCUT2D eigenvalue weighted by molar-refractivity contribution is 0.0913. The molecule has 25 heavy (non-hydrogen) atoms. The predicted molar refractivity (Wildman–Crippen MR) is 86.9 cm³/mol. The van der Waals surface area contributed by atoms with E-state index in [0.29, 0.717) is 22.3 Å². The zero-order valence-corrected chi connectivity index (χ0v) is 13.6. The fourth-order valence-electron chi connectivity index (χ4n) is 2.64. The van der Waals surface area contributed by atoms with Gasteiger partial charge in [0.15, 0.2) is 5.65 Å². The van der Waals surface area contributed by atoms with E-state index in [1.54, 1.807) is 24.7 Å². The molecule has 0 fully saturated rings.